The first-order valence-electron chi connectivity index (χ1n) is 7.50. The molecule has 7 heteroatoms. The van der Waals surface area contributed by atoms with E-state index in [4.69, 9.17) is 4.74 Å². The molecule has 2 N–H and O–H groups in total. The monoisotopic (exact) mass is 313 g/mol. The van der Waals surface area contributed by atoms with Gasteiger partial charge in [-0.2, -0.15) is 0 Å². The van der Waals surface area contributed by atoms with Crippen molar-refractivity contribution < 1.29 is 9.84 Å². The number of aromatic nitrogens is 4. The quantitative estimate of drug-likeness (QED) is 0.728. The molecule has 3 rings (SSSR count). The zero-order valence-corrected chi connectivity index (χ0v) is 13.1. The van der Waals surface area contributed by atoms with Gasteiger partial charge in [0, 0.05) is 13.2 Å². The van der Waals surface area contributed by atoms with Crippen molar-refractivity contribution in [3.8, 4) is 5.75 Å². The van der Waals surface area contributed by atoms with Crippen LogP contribution in [-0.4, -0.2) is 31.2 Å². The lowest BCUT2D eigenvalue weighted by atomic mass is 10.2. The summed E-state index contributed by atoms with van der Waals surface area (Å²) in [7, 11) is 0. The third kappa shape index (κ3) is 3.24. The van der Waals surface area contributed by atoms with Gasteiger partial charge in [-0.1, -0.05) is 12.1 Å². The number of nitrogens with zero attached hydrogens (tertiary/aromatic N) is 4. The van der Waals surface area contributed by atoms with Crippen LogP contribution in [-0.2, 0) is 11.3 Å². The summed E-state index contributed by atoms with van der Waals surface area (Å²) in [6, 6.07) is 7.09. The average Bonchev–Trinajstić information content (AvgIpc) is 2.98. The van der Waals surface area contributed by atoms with Gasteiger partial charge < -0.3 is 15.2 Å². The number of rotatable bonds is 6. The molecule has 120 valence electrons. The Kier molecular flexibility index (Phi) is 4.38. The molecule has 2 heterocycles. The van der Waals surface area contributed by atoms with Crippen LogP contribution in [0.1, 0.15) is 25.6 Å². The van der Waals surface area contributed by atoms with E-state index in [1.54, 1.807) is 24.5 Å². The number of benzene rings is 1. The van der Waals surface area contributed by atoms with Crippen molar-refractivity contribution in [3.05, 3.63) is 42.5 Å². The standard InChI is InChI=1S/C16H19N5O2/c1-3-23-11(2)21-10-20-14-15(18-9-19-16(14)21)17-8-12-5-4-6-13(22)7-12/h4-7,9-11,22H,3,8H2,1-2H3,(H,17,18,19). The van der Waals surface area contributed by atoms with Crippen molar-refractivity contribution in [1.29, 1.82) is 0 Å². The largest absolute Gasteiger partial charge is 0.508 e. The molecule has 0 spiro atoms. The Balaban J connectivity index is 1.84. The molecule has 0 saturated heterocycles. The summed E-state index contributed by atoms with van der Waals surface area (Å²) in [5.74, 6) is 0.896. The van der Waals surface area contributed by atoms with Crippen LogP contribution in [0, 0.1) is 0 Å². The number of hydrogen-bond acceptors (Lipinski definition) is 6. The number of aromatic hydroxyl groups is 1. The number of fused-ring (bicyclic) bond motifs is 1. The third-order valence-electron chi connectivity index (χ3n) is 3.53. The Labute approximate surface area is 134 Å². The van der Waals surface area contributed by atoms with Crippen LogP contribution in [0.25, 0.3) is 11.2 Å². The number of anilines is 1. The van der Waals surface area contributed by atoms with Crippen LogP contribution in [0.2, 0.25) is 0 Å². The topological polar surface area (TPSA) is 85.1 Å². The summed E-state index contributed by atoms with van der Waals surface area (Å²) in [6.45, 7) is 5.06. The van der Waals surface area contributed by atoms with Gasteiger partial charge in [0.15, 0.2) is 17.0 Å². The van der Waals surface area contributed by atoms with Gasteiger partial charge in [0.25, 0.3) is 0 Å². The van der Waals surface area contributed by atoms with E-state index >= 15 is 0 Å². The number of nitrogens with one attached hydrogen (secondary N) is 1. The lowest BCUT2D eigenvalue weighted by Crippen LogP contribution is -2.09. The van der Waals surface area contributed by atoms with Crippen molar-refractivity contribution in [2.45, 2.75) is 26.6 Å². The van der Waals surface area contributed by atoms with Crippen LogP contribution >= 0.6 is 0 Å². The van der Waals surface area contributed by atoms with Gasteiger partial charge in [-0.05, 0) is 31.5 Å². The number of phenols is 1. The second-order valence-corrected chi connectivity index (χ2v) is 5.12. The van der Waals surface area contributed by atoms with Crippen LogP contribution in [0.5, 0.6) is 5.75 Å². The molecule has 2 aromatic heterocycles. The lowest BCUT2D eigenvalue weighted by molar-refractivity contribution is 0.0272. The molecule has 0 fully saturated rings. The Morgan fingerprint density at radius 3 is 2.96 bits per heavy atom. The van der Waals surface area contributed by atoms with E-state index in [0.717, 1.165) is 11.2 Å². The van der Waals surface area contributed by atoms with E-state index < -0.39 is 0 Å². The normalized spacial score (nSPS) is 12.4. The summed E-state index contributed by atoms with van der Waals surface area (Å²) in [6.07, 6.45) is 3.07. The summed E-state index contributed by atoms with van der Waals surface area (Å²) in [5, 5.41) is 12.8. The SMILES string of the molecule is CCOC(C)n1cnc2c(NCc3cccc(O)c3)ncnc21. The summed E-state index contributed by atoms with van der Waals surface area (Å²) >= 11 is 0. The van der Waals surface area contributed by atoms with Crippen molar-refractivity contribution in [1.82, 2.24) is 19.5 Å². The van der Waals surface area contributed by atoms with Crippen LogP contribution in [0.4, 0.5) is 5.82 Å². The van der Waals surface area contributed by atoms with E-state index in [9.17, 15) is 5.11 Å². The minimum Gasteiger partial charge on any atom is -0.508 e. The zero-order chi connectivity index (χ0) is 16.2. The molecule has 0 aliphatic heterocycles. The van der Waals surface area contributed by atoms with Gasteiger partial charge >= 0.3 is 0 Å². The molecule has 0 amide bonds. The maximum absolute atomic E-state index is 9.51. The highest BCUT2D eigenvalue weighted by Gasteiger charge is 2.13. The molecular weight excluding hydrogens is 294 g/mol. The first kappa shape index (κ1) is 15.2. The van der Waals surface area contributed by atoms with E-state index in [-0.39, 0.29) is 12.0 Å². The fraction of sp³-hybridized carbons (Fsp3) is 0.312. The average molecular weight is 313 g/mol. The molecule has 1 aromatic carbocycles. The molecule has 1 atom stereocenters. The summed E-state index contributed by atoms with van der Waals surface area (Å²) in [4.78, 5) is 13.0. The summed E-state index contributed by atoms with van der Waals surface area (Å²) < 4.78 is 7.47. The highest BCUT2D eigenvalue weighted by atomic mass is 16.5. The van der Waals surface area contributed by atoms with Crippen molar-refractivity contribution in [3.63, 3.8) is 0 Å². The molecular formula is C16H19N5O2. The lowest BCUT2D eigenvalue weighted by Gasteiger charge is -2.13. The fourth-order valence-corrected chi connectivity index (χ4v) is 2.42. The van der Waals surface area contributed by atoms with Gasteiger partial charge in [-0.3, -0.25) is 4.57 Å². The molecule has 0 aliphatic rings. The van der Waals surface area contributed by atoms with E-state index in [1.165, 1.54) is 6.33 Å². The highest BCUT2D eigenvalue weighted by Crippen LogP contribution is 2.22. The second-order valence-electron chi connectivity index (χ2n) is 5.12. The smallest absolute Gasteiger partial charge is 0.167 e. The maximum atomic E-state index is 9.51. The van der Waals surface area contributed by atoms with Gasteiger partial charge in [0.1, 0.15) is 18.3 Å². The first-order valence-corrected chi connectivity index (χ1v) is 7.50. The van der Waals surface area contributed by atoms with E-state index in [1.807, 2.05) is 24.5 Å². The second kappa shape index (κ2) is 6.62. The number of hydrogen-bond donors (Lipinski definition) is 2. The highest BCUT2D eigenvalue weighted by molar-refractivity contribution is 5.82. The van der Waals surface area contributed by atoms with Gasteiger partial charge in [-0.15, -0.1) is 0 Å². The van der Waals surface area contributed by atoms with E-state index in [0.29, 0.717) is 24.5 Å². The molecule has 3 aromatic rings. The van der Waals surface area contributed by atoms with Gasteiger partial charge in [0.05, 0.1) is 6.33 Å². The zero-order valence-electron chi connectivity index (χ0n) is 13.1. The van der Waals surface area contributed by atoms with Crippen LogP contribution < -0.4 is 5.32 Å². The Morgan fingerprint density at radius 2 is 2.17 bits per heavy atom. The maximum Gasteiger partial charge on any atom is 0.167 e. The minimum atomic E-state index is -0.140. The Hall–Kier alpha value is -2.67. The van der Waals surface area contributed by atoms with Crippen LogP contribution in [0.3, 0.4) is 0 Å². The molecule has 7 nitrogen and oxygen atoms in total. The van der Waals surface area contributed by atoms with Crippen molar-refractivity contribution in [2.75, 3.05) is 11.9 Å². The van der Waals surface area contributed by atoms with Crippen molar-refractivity contribution in [2.24, 2.45) is 0 Å². The molecule has 0 saturated carbocycles. The molecule has 1 unspecified atom stereocenters. The van der Waals surface area contributed by atoms with Crippen molar-refractivity contribution >= 4 is 17.0 Å². The van der Waals surface area contributed by atoms with Gasteiger partial charge in [0.2, 0.25) is 0 Å². The number of ether oxygens (including phenoxy) is 1. The minimum absolute atomic E-state index is 0.140. The molecule has 0 radical (unpaired) electrons. The molecule has 23 heavy (non-hydrogen) atoms. The first-order chi connectivity index (χ1) is 11.2. The molecule has 0 aliphatic carbocycles. The number of imidazole rings is 1. The Bertz CT molecular complexity index is 802. The fourth-order valence-electron chi connectivity index (χ4n) is 2.42. The predicted octanol–water partition coefficient (Wildman–Crippen LogP) is 2.70. The van der Waals surface area contributed by atoms with Gasteiger partial charge in [-0.25, -0.2) is 15.0 Å². The third-order valence-corrected chi connectivity index (χ3v) is 3.53. The number of phenolic OH excluding ortho intramolecular Hbond substituents is 1. The van der Waals surface area contributed by atoms with Crippen LogP contribution in [0.15, 0.2) is 36.9 Å². The molecule has 0 bridgehead atoms. The summed E-state index contributed by atoms with van der Waals surface area (Å²) in [5.41, 5.74) is 2.37. The Morgan fingerprint density at radius 1 is 1.30 bits per heavy atom. The predicted molar refractivity (Wildman–Crippen MR) is 87.1 cm³/mol. The van der Waals surface area contributed by atoms with E-state index in [2.05, 4.69) is 20.3 Å².